The van der Waals surface area contributed by atoms with Crippen molar-refractivity contribution < 1.29 is 22.7 Å². The molecule has 0 aliphatic carbocycles. The number of rotatable bonds is 10. The Labute approximate surface area is 219 Å². The van der Waals surface area contributed by atoms with E-state index < -0.39 is 6.36 Å². The van der Waals surface area contributed by atoms with E-state index in [2.05, 4.69) is 55.1 Å². The van der Waals surface area contributed by atoms with Crippen LogP contribution in [0, 0.1) is 6.92 Å². The molecular weight excluding hydrogens is 477 g/mol. The van der Waals surface area contributed by atoms with Gasteiger partial charge < -0.3 is 15.0 Å². The van der Waals surface area contributed by atoms with Crippen LogP contribution in [0.3, 0.4) is 0 Å². The third kappa shape index (κ3) is 8.78. The second-order valence-corrected chi connectivity index (χ2v) is 8.83. The first-order chi connectivity index (χ1) is 17.6. The number of nitrogens with zero attached hydrogens (tertiary/aromatic N) is 1. The number of alkyl halides is 3. The highest BCUT2D eigenvalue weighted by Gasteiger charge is 2.31. The van der Waals surface area contributed by atoms with Gasteiger partial charge in [-0.05, 0) is 66.6 Å². The van der Waals surface area contributed by atoms with Crippen molar-refractivity contribution in [3.63, 3.8) is 0 Å². The number of nitrogens with one attached hydrogen (secondary N) is 1. The molecule has 0 spiro atoms. The monoisotopic (exact) mass is 516 g/mol. The molecular formula is C30H39F3N2O2. The summed E-state index contributed by atoms with van der Waals surface area (Å²) in [7, 11) is 0. The van der Waals surface area contributed by atoms with Crippen LogP contribution in [0.2, 0.25) is 0 Å². The topological polar surface area (TPSA) is 41.6 Å². The van der Waals surface area contributed by atoms with Gasteiger partial charge in [0, 0.05) is 31.2 Å². The van der Waals surface area contributed by atoms with E-state index in [0.717, 1.165) is 40.7 Å². The summed E-state index contributed by atoms with van der Waals surface area (Å²) in [6.45, 7) is 13.8. The molecule has 0 saturated heterocycles. The van der Waals surface area contributed by atoms with Crippen molar-refractivity contribution in [3.05, 3.63) is 88.0 Å². The summed E-state index contributed by atoms with van der Waals surface area (Å²) in [6, 6.07) is 9.96. The number of benzene rings is 2. The van der Waals surface area contributed by atoms with Crippen LogP contribution in [0.1, 0.15) is 80.1 Å². The summed E-state index contributed by atoms with van der Waals surface area (Å²) in [5, 5.41) is 3.58. The molecule has 1 atom stereocenters. The van der Waals surface area contributed by atoms with E-state index in [0.29, 0.717) is 19.6 Å². The Bertz CT molecular complexity index is 1090. The summed E-state index contributed by atoms with van der Waals surface area (Å²) in [5.74, 6) is -0.333. The molecule has 3 rings (SSSR count). The highest BCUT2D eigenvalue weighted by molar-refractivity contribution is 5.99. The third-order valence-corrected chi connectivity index (χ3v) is 5.97. The van der Waals surface area contributed by atoms with Crippen LogP contribution >= 0.6 is 0 Å². The molecule has 7 heteroatoms. The van der Waals surface area contributed by atoms with Crippen molar-refractivity contribution in [1.82, 2.24) is 10.2 Å². The van der Waals surface area contributed by atoms with Gasteiger partial charge >= 0.3 is 6.36 Å². The second kappa shape index (κ2) is 14.0. The zero-order chi connectivity index (χ0) is 27.6. The van der Waals surface area contributed by atoms with E-state index in [4.69, 9.17) is 0 Å². The predicted octanol–water partition coefficient (Wildman–Crippen LogP) is 7.86. The van der Waals surface area contributed by atoms with E-state index >= 15 is 0 Å². The fourth-order valence-corrected chi connectivity index (χ4v) is 4.32. The highest BCUT2D eigenvalue weighted by atomic mass is 19.4. The SMILES string of the molecule is CC.CC/C=C\C(=C/CC)C(C)NCc1cc(C)c2c(c1)CN(Cc1ccc(OC(F)(F)F)cc1)C2=O. The summed E-state index contributed by atoms with van der Waals surface area (Å²) >= 11 is 0. The van der Waals surface area contributed by atoms with Gasteiger partial charge in [-0.1, -0.05) is 70.2 Å². The minimum absolute atomic E-state index is 0.0566. The second-order valence-electron chi connectivity index (χ2n) is 8.83. The van der Waals surface area contributed by atoms with Crippen LogP contribution in [-0.2, 0) is 19.6 Å². The first-order valence-corrected chi connectivity index (χ1v) is 13.0. The standard InChI is InChI=1S/C28H33F3N2O2.C2H6/c1-5-7-9-23(8-6-2)20(4)32-16-22-14-19(3)26-24(15-22)18-33(27(26)34)17-21-10-12-25(13-11-21)35-28(29,30)31;1-2/h7-15,20,32H,5-6,16-18H2,1-4H3;1-2H3/b9-7-,23-8+;. The van der Waals surface area contributed by atoms with Crippen LogP contribution in [-0.4, -0.2) is 23.2 Å². The Hall–Kier alpha value is -3.06. The Morgan fingerprint density at radius 2 is 1.78 bits per heavy atom. The Balaban J connectivity index is 0.00000235. The lowest BCUT2D eigenvalue weighted by Gasteiger charge is -2.16. The van der Waals surface area contributed by atoms with E-state index in [1.165, 1.54) is 17.7 Å². The normalized spacial score (nSPS) is 14.5. The van der Waals surface area contributed by atoms with Gasteiger partial charge in [-0.15, -0.1) is 13.2 Å². The maximum absolute atomic E-state index is 13.0. The van der Waals surface area contributed by atoms with Crippen molar-refractivity contribution in [2.45, 2.75) is 86.4 Å². The molecule has 2 aromatic rings. The number of fused-ring (bicyclic) bond motifs is 1. The number of carbonyl (C=O) groups excluding carboxylic acids is 1. The van der Waals surface area contributed by atoms with Gasteiger partial charge in [0.25, 0.3) is 5.91 Å². The van der Waals surface area contributed by atoms with Gasteiger partial charge in [-0.25, -0.2) is 0 Å². The van der Waals surface area contributed by atoms with Crippen LogP contribution in [0.25, 0.3) is 0 Å². The summed E-state index contributed by atoms with van der Waals surface area (Å²) in [5.41, 5.74) is 5.75. The quantitative estimate of drug-likeness (QED) is 0.327. The van der Waals surface area contributed by atoms with Crippen LogP contribution in [0.4, 0.5) is 13.2 Å². The molecule has 1 unspecified atom stereocenters. The van der Waals surface area contributed by atoms with Gasteiger partial charge in [0.2, 0.25) is 0 Å². The average molecular weight is 517 g/mol. The highest BCUT2D eigenvalue weighted by Crippen LogP contribution is 2.29. The number of allylic oxidation sites excluding steroid dienone is 2. The van der Waals surface area contributed by atoms with Gasteiger partial charge in [0.05, 0.1) is 0 Å². The Kier molecular flexibility index (Phi) is 11.4. The average Bonchev–Trinajstić information content (AvgIpc) is 3.17. The number of ether oxygens (including phenoxy) is 1. The van der Waals surface area contributed by atoms with Gasteiger partial charge in [-0.2, -0.15) is 0 Å². The minimum atomic E-state index is -4.73. The van der Waals surface area contributed by atoms with Crippen molar-refractivity contribution in [1.29, 1.82) is 0 Å². The molecule has 2 aromatic carbocycles. The van der Waals surface area contributed by atoms with Crippen molar-refractivity contribution in [2.75, 3.05) is 0 Å². The summed E-state index contributed by atoms with van der Waals surface area (Å²) in [6.07, 6.45) is 3.81. The van der Waals surface area contributed by atoms with Crippen LogP contribution < -0.4 is 10.1 Å². The number of amides is 1. The Morgan fingerprint density at radius 1 is 1.11 bits per heavy atom. The number of hydrogen-bond donors (Lipinski definition) is 1. The lowest BCUT2D eigenvalue weighted by molar-refractivity contribution is -0.274. The first kappa shape index (κ1) is 30.2. The molecule has 4 nitrogen and oxygen atoms in total. The number of aryl methyl sites for hydroxylation is 1. The number of carbonyl (C=O) groups is 1. The summed E-state index contributed by atoms with van der Waals surface area (Å²) in [4.78, 5) is 14.8. The van der Waals surface area contributed by atoms with Gasteiger partial charge in [0.1, 0.15) is 5.75 Å². The molecule has 37 heavy (non-hydrogen) atoms. The van der Waals surface area contributed by atoms with Crippen molar-refractivity contribution >= 4 is 5.91 Å². The Morgan fingerprint density at radius 3 is 2.38 bits per heavy atom. The molecule has 0 aromatic heterocycles. The number of halogens is 3. The van der Waals surface area contributed by atoms with Crippen molar-refractivity contribution in [3.8, 4) is 5.75 Å². The largest absolute Gasteiger partial charge is 0.573 e. The van der Waals surface area contributed by atoms with Gasteiger partial charge in [0.15, 0.2) is 0 Å². The van der Waals surface area contributed by atoms with Crippen LogP contribution in [0.5, 0.6) is 5.75 Å². The molecule has 1 heterocycles. The smallest absolute Gasteiger partial charge is 0.406 e. The first-order valence-electron chi connectivity index (χ1n) is 13.0. The summed E-state index contributed by atoms with van der Waals surface area (Å²) < 4.78 is 41.1. The van der Waals surface area contributed by atoms with E-state index in [-0.39, 0.29) is 17.7 Å². The third-order valence-electron chi connectivity index (χ3n) is 5.97. The predicted molar refractivity (Wildman–Crippen MR) is 143 cm³/mol. The van der Waals surface area contributed by atoms with E-state index in [9.17, 15) is 18.0 Å². The molecule has 0 fully saturated rings. The zero-order valence-corrected chi connectivity index (χ0v) is 22.7. The molecule has 202 valence electrons. The lowest BCUT2D eigenvalue weighted by atomic mass is 9.99. The maximum atomic E-state index is 13.0. The molecule has 1 amide bonds. The molecule has 1 N–H and O–H groups in total. The lowest BCUT2D eigenvalue weighted by Crippen LogP contribution is -2.27. The molecule has 1 aliphatic rings. The van der Waals surface area contributed by atoms with Gasteiger partial charge in [-0.3, -0.25) is 4.79 Å². The van der Waals surface area contributed by atoms with E-state index in [1.54, 1.807) is 17.0 Å². The molecule has 0 saturated carbocycles. The van der Waals surface area contributed by atoms with Crippen molar-refractivity contribution in [2.24, 2.45) is 0 Å². The molecule has 0 radical (unpaired) electrons. The number of hydrogen-bond acceptors (Lipinski definition) is 3. The molecule has 0 bridgehead atoms. The maximum Gasteiger partial charge on any atom is 0.573 e. The fraction of sp³-hybridized carbons (Fsp3) is 0.433. The minimum Gasteiger partial charge on any atom is -0.406 e. The fourth-order valence-electron chi connectivity index (χ4n) is 4.32. The zero-order valence-electron chi connectivity index (χ0n) is 22.7. The van der Waals surface area contributed by atoms with Crippen LogP contribution in [0.15, 0.2) is 60.2 Å². The molecule has 1 aliphatic heterocycles. The van der Waals surface area contributed by atoms with E-state index in [1.807, 2.05) is 26.8 Å².